The second kappa shape index (κ2) is 8.23. The van der Waals surface area contributed by atoms with Gasteiger partial charge >= 0.3 is 0 Å². The van der Waals surface area contributed by atoms with E-state index in [2.05, 4.69) is 10.3 Å². The number of pyridine rings is 1. The lowest BCUT2D eigenvalue weighted by Gasteiger charge is -2.43. The number of ether oxygens (including phenoxy) is 1. The molecule has 0 aliphatic carbocycles. The predicted octanol–water partition coefficient (Wildman–Crippen LogP) is 3.01. The smallest absolute Gasteiger partial charge is 0.298 e. The van der Waals surface area contributed by atoms with E-state index in [9.17, 15) is 18.4 Å². The fraction of sp³-hybridized carbons (Fsp3) is 0.217. The zero-order valence-electron chi connectivity index (χ0n) is 17.0. The molecule has 1 atom stereocenters. The van der Waals surface area contributed by atoms with E-state index >= 15 is 0 Å². The van der Waals surface area contributed by atoms with Crippen LogP contribution in [0.1, 0.15) is 10.4 Å². The maximum absolute atomic E-state index is 13.4. The molecule has 1 aliphatic rings. The van der Waals surface area contributed by atoms with Gasteiger partial charge in [0, 0.05) is 11.6 Å². The lowest BCUT2D eigenvalue weighted by Crippen LogP contribution is -2.67. The van der Waals surface area contributed by atoms with Gasteiger partial charge in [0.05, 0.1) is 37.3 Å². The summed E-state index contributed by atoms with van der Waals surface area (Å²) < 4.78 is 31.9. The van der Waals surface area contributed by atoms with Crippen LogP contribution in [-0.2, 0) is 4.79 Å². The Bertz CT molecular complexity index is 1240. The second-order valence-electron chi connectivity index (χ2n) is 7.32. The summed E-state index contributed by atoms with van der Waals surface area (Å²) in [6.07, 6.45) is 1.48. The molecule has 2 heterocycles. The van der Waals surface area contributed by atoms with Gasteiger partial charge in [0.2, 0.25) is 5.91 Å². The van der Waals surface area contributed by atoms with Crippen molar-refractivity contribution in [2.75, 3.05) is 20.2 Å². The molecule has 3 aromatic rings. The fourth-order valence-electron chi connectivity index (χ4n) is 3.58. The second-order valence-corrected chi connectivity index (χ2v) is 7.32. The number of methoxy groups -OCH3 is 1. The number of aromatic nitrogens is 1. The van der Waals surface area contributed by atoms with Crippen LogP contribution in [0.25, 0.3) is 22.0 Å². The van der Waals surface area contributed by atoms with Gasteiger partial charge in [-0.15, -0.1) is 0 Å². The molecule has 1 saturated heterocycles. The van der Waals surface area contributed by atoms with Crippen LogP contribution in [0.2, 0.25) is 0 Å². The summed E-state index contributed by atoms with van der Waals surface area (Å²) in [4.78, 5) is 30.0. The third-order valence-electron chi connectivity index (χ3n) is 5.35. The van der Waals surface area contributed by atoms with Crippen molar-refractivity contribution in [3.05, 3.63) is 60.3 Å². The molecule has 32 heavy (non-hydrogen) atoms. The number of rotatable bonds is 5. The molecule has 1 aromatic heterocycles. The number of fused-ring (bicyclic) bond motifs is 1. The summed E-state index contributed by atoms with van der Waals surface area (Å²) in [5.41, 5.74) is 2.66. The number of nitrogens with zero attached hydrogens (tertiary/aromatic N) is 3. The van der Waals surface area contributed by atoms with Crippen molar-refractivity contribution in [2.45, 2.75) is 12.0 Å². The molecule has 7 nitrogen and oxygen atoms in total. The summed E-state index contributed by atoms with van der Waals surface area (Å²) in [6.45, 7) is -1.32. The molecule has 0 radical (unpaired) electrons. The van der Waals surface area contributed by atoms with Gasteiger partial charge in [0.25, 0.3) is 11.8 Å². The van der Waals surface area contributed by atoms with E-state index < -0.39 is 36.9 Å². The van der Waals surface area contributed by atoms with Gasteiger partial charge in [0.1, 0.15) is 5.75 Å². The number of carbonyl (C=O) groups excluding carboxylic acids is 2. The summed E-state index contributed by atoms with van der Waals surface area (Å²) in [5, 5.41) is 11.9. The molecular weight excluding hydrogens is 418 g/mol. The Hall–Kier alpha value is -4.06. The normalized spacial score (nSPS) is 16.7. The first-order valence-corrected chi connectivity index (χ1v) is 9.72. The van der Waals surface area contributed by atoms with Crippen molar-refractivity contribution in [3.63, 3.8) is 0 Å². The number of nitriles is 1. The Morgan fingerprint density at radius 3 is 2.59 bits per heavy atom. The van der Waals surface area contributed by atoms with Crippen LogP contribution >= 0.6 is 0 Å². The molecule has 0 bridgehead atoms. The number of likely N-dealkylation sites (tertiary alicyclic amines) is 1. The molecule has 0 spiro atoms. The van der Waals surface area contributed by atoms with Crippen molar-refractivity contribution in [1.82, 2.24) is 15.2 Å². The maximum atomic E-state index is 13.4. The molecule has 2 aromatic carbocycles. The predicted molar refractivity (Wildman–Crippen MR) is 112 cm³/mol. The summed E-state index contributed by atoms with van der Waals surface area (Å²) in [7, 11) is 1.58. The first-order valence-electron chi connectivity index (χ1n) is 9.72. The van der Waals surface area contributed by atoms with Gasteiger partial charge in [0.15, 0.2) is 6.04 Å². The van der Waals surface area contributed by atoms with Gasteiger partial charge in [-0.1, -0.05) is 18.2 Å². The standard InChI is InChI=1S/C23H18F2N4O3/c1-32-16-5-2-14(3-6-16)15-4-7-19-18(10-15)17(8-9-27-19)22(31)28-12-21(30)29-13-23(24,25)20(29)11-26/h2-10,20H,12-13H2,1H3,(H,28,31). The Labute approximate surface area is 182 Å². The highest BCUT2D eigenvalue weighted by Crippen LogP contribution is 2.34. The van der Waals surface area contributed by atoms with Crippen LogP contribution in [0, 0.1) is 11.3 Å². The minimum atomic E-state index is -3.23. The lowest BCUT2D eigenvalue weighted by molar-refractivity contribution is -0.180. The van der Waals surface area contributed by atoms with E-state index in [0.29, 0.717) is 16.5 Å². The third-order valence-corrected chi connectivity index (χ3v) is 5.35. The highest BCUT2D eigenvalue weighted by molar-refractivity contribution is 6.07. The summed E-state index contributed by atoms with van der Waals surface area (Å²) in [6, 6.07) is 14.1. The fourth-order valence-corrected chi connectivity index (χ4v) is 3.58. The zero-order chi connectivity index (χ0) is 22.9. The number of hydrogen-bond acceptors (Lipinski definition) is 5. The van der Waals surface area contributed by atoms with Crippen LogP contribution < -0.4 is 10.1 Å². The van der Waals surface area contributed by atoms with E-state index in [4.69, 9.17) is 10.00 Å². The average molecular weight is 436 g/mol. The number of hydrogen-bond donors (Lipinski definition) is 1. The minimum Gasteiger partial charge on any atom is -0.497 e. The minimum absolute atomic E-state index is 0.295. The van der Waals surface area contributed by atoms with E-state index in [0.717, 1.165) is 21.8 Å². The van der Waals surface area contributed by atoms with Crippen molar-refractivity contribution in [1.29, 1.82) is 5.26 Å². The Morgan fingerprint density at radius 1 is 1.22 bits per heavy atom. The molecule has 1 unspecified atom stereocenters. The first-order chi connectivity index (χ1) is 15.3. The number of carbonyl (C=O) groups is 2. The van der Waals surface area contributed by atoms with Crippen molar-refractivity contribution in [2.24, 2.45) is 0 Å². The molecule has 4 rings (SSSR count). The van der Waals surface area contributed by atoms with Crippen molar-refractivity contribution in [3.8, 4) is 22.9 Å². The molecule has 1 fully saturated rings. The quantitative estimate of drug-likeness (QED) is 0.664. The molecule has 162 valence electrons. The highest BCUT2D eigenvalue weighted by atomic mass is 19.3. The lowest BCUT2D eigenvalue weighted by atomic mass is 9.99. The number of alkyl halides is 2. The van der Waals surface area contributed by atoms with Gasteiger partial charge < -0.3 is 15.0 Å². The van der Waals surface area contributed by atoms with E-state index in [-0.39, 0.29) is 0 Å². The molecular formula is C23H18F2N4O3. The summed E-state index contributed by atoms with van der Waals surface area (Å²) >= 11 is 0. The van der Waals surface area contributed by atoms with Gasteiger partial charge in [-0.05, 0) is 41.5 Å². The first kappa shape index (κ1) is 21.2. The maximum Gasteiger partial charge on any atom is 0.298 e. The van der Waals surface area contributed by atoms with Crippen LogP contribution in [0.5, 0.6) is 5.75 Å². The molecule has 9 heteroatoms. The average Bonchev–Trinajstić information content (AvgIpc) is 2.80. The molecule has 2 amide bonds. The van der Waals surface area contributed by atoms with Crippen molar-refractivity contribution < 1.29 is 23.1 Å². The van der Waals surface area contributed by atoms with Crippen LogP contribution in [-0.4, -0.2) is 53.9 Å². The number of benzene rings is 2. The number of halogens is 2. The van der Waals surface area contributed by atoms with Gasteiger partial charge in [-0.2, -0.15) is 5.26 Å². The topological polar surface area (TPSA) is 95.3 Å². The Kier molecular flexibility index (Phi) is 5.45. The Balaban J connectivity index is 1.53. The zero-order valence-corrected chi connectivity index (χ0v) is 17.0. The van der Waals surface area contributed by atoms with Crippen LogP contribution in [0.4, 0.5) is 8.78 Å². The van der Waals surface area contributed by atoms with E-state index in [1.54, 1.807) is 13.2 Å². The number of amides is 2. The monoisotopic (exact) mass is 436 g/mol. The molecule has 1 aliphatic heterocycles. The largest absolute Gasteiger partial charge is 0.497 e. The van der Waals surface area contributed by atoms with E-state index in [1.165, 1.54) is 18.3 Å². The van der Waals surface area contributed by atoms with Gasteiger partial charge in [-0.25, -0.2) is 8.78 Å². The molecule has 0 saturated carbocycles. The number of nitrogens with one attached hydrogen (secondary N) is 1. The van der Waals surface area contributed by atoms with Gasteiger partial charge in [-0.3, -0.25) is 14.6 Å². The molecule has 1 N–H and O–H groups in total. The summed E-state index contributed by atoms with van der Waals surface area (Å²) in [5.74, 6) is -3.79. The highest BCUT2D eigenvalue weighted by Gasteiger charge is 2.57. The van der Waals surface area contributed by atoms with Crippen molar-refractivity contribution >= 4 is 22.7 Å². The van der Waals surface area contributed by atoms with Crippen LogP contribution in [0.15, 0.2) is 54.7 Å². The van der Waals surface area contributed by atoms with E-state index in [1.807, 2.05) is 36.4 Å². The SMILES string of the molecule is COc1ccc(-c2ccc3nccc(C(=O)NCC(=O)N4CC(F)(F)C4C#N)c3c2)cc1. The van der Waals surface area contributed by atoms with Crippen LogP contribution in [0.3, 0.4) is 0 Å². The third kappa shape index (κ3) is 3.83. The Morgan fingerprint density at radius 2 is 1.94 bits per heavy atom.